The molecule has 0 saturated carbocycles. The van der Waals surface area contributed by atoms with Crippen molar-refractivity contribution in [2.75, 3.05) is 6.61 Å². The molecule has 2 aliphatic rings. The van der Waals surface area contributed by atoms with E-state index in [1.54, 1.807) is 0 Å². The van der Waals surface area contributed by atoms with Crippen LogP contribution in [0.3, 0.4) is 0 Å². The first-order valence-corrected chi connectivity index (χ1v) is 4.94. The SMILES string of the molecule is O=c1ccn([C@@H]2O[C@@H](CO)[C@@H]3O[C@H]32)c(=O)[nH]1. The van der Waals surface area contributed by atoms with Crippen LogP contribution < -0.4 is 11.2 Å². The Hall–Kier alpha value is -1.44. The Morgan fingerprint density at radius 2 is 2.19 bits per heavy atom. The number of aromatic amines is 1. The molecule has 2 aliphatic heterocycles. The van der Waals surface area contributed by atoms with Crippen LogP contribution in [0.2, 0.25) is 0 Å². The number of aliphatic hydroxyl groups is 1. The average molecular weight is 226 g/mol. The smallest absolute Gasteiger partial charge is 0.330 e. The minimum Gasteiger partial charge on any atom is -0.394 e. The number of aliphatic hydroxyl groups excluding tert-OH is 1. The Kier molecular flexibility index (Phi) is 2.00. The van der Waals surface area contributed by atoms with E-state index in [1.165, 1.54) is 16.8 Å². The van der Waals surface area contributed by atoms with Crippen LogP contribution in [0.4, 0.5) is 0 Å². The van der Waals surface area contributed by atoms with Gasteiger partial charge in [-0.1, -0.05) is 0 Å². The van der Waals surface area contributed by atoms with Crippen molar-refractivity contribution >= 4 is 0 Å². The molecule has 86 valence electrons. The minimum absolute atomic E-state index is 0.143. The molecule has 0 amide bonds. The summed E-state index contributed by atoms with van der Waals surface area (Å²) >= 11 is 0. The second-order valence-corrected chi connectivity index (χ2v) is 3.83. The number of fused-ring (bicyclic) bond motifs is 1. The van der Waals surface area contributed by atoms with E-state index in [9.17, 15) is 9.59 Å². The van der Waals surface area contributed by atoms with Gasteiger partial charge in [0.05, 0.1) is 6.61 Å². The van der Waals surface area contributed by atoms with Crippen LogP contribution in [0.5, 0.6) is 0 Å². The summed E-state index contributed by atoms with van der Waals surface area (Å²) in [5.74, 6) is 0. The predicted molar refractivity (Wildman–Crippen MR) is 51.0 cm³/mol. The number of H-pyrrole nitrogens is 1. The lowest BCUT2D eigenvalue weighted by molar-refractivity contribution is -0.0856. The van der Waals surface area contributed by atoms with Gasteiger partial charge in [0.25, 0.3) is 5.56 Å². The molecule has 0 aliphatic carbocycles. The molecule has 7 heteroatoms. The number of nitrogens with zero attached hydrogens (tertiary/aromatic N) is 1. The third-order valence-corrected chi connectivity index (χ3v) is 2.83. The monoisotopic (exact) mass is 226 g/mol. The first kappa shape index (κ1) is 9.76. The van der Waals surface area contributed by atoms with Crippen molar-refractivity contribution < 1.29 is 14.6 Å². The topological polar surface area (TPSA) is 96.8 Å². The molecule has 0 spiro atoms. The Labute approximate surface area is 89.2 Å². The number of hydrogen-bond donors (Lipinski definition) is 2. The molecule has 3 heterocycles. The van der Waals surface area contributed by atoms with Crippen molar-refractivity contribution in [2.45, 2.75) is 24.5 Å². The van der Waals surface area contributed by atoms with Crippen LogP contribution in [-0.4, -0.2) is 39.6 Å². The summed E-state index contributed by atoms with van der Waals surface area (Å²) in [6.45, 7) is -0.143. The molecular formula is C9H10N2O5. The maximum atomic E-state index is 11.5. The van der Waals surface area contributed by atoms with Crippen LogP contribution >= 0.6 is 0 Å². The zero-order chi connectivity index (χ0) is 11.3. The summed E-state index contributed by atoms with van der Waals surface area (Å²) in [5, 5.41) is 8.99. The van der Waals surface area contributed by atoms with Crippen molar-refractivity contribution in [1.82, 2.24) is 9.55 Å². The first-order chi connectivity index (χ1) is 7.70. The second kappa shape index (κ2) is 3.27. The van der Waals surface area contributed by atoms with Gasteiger partial charge in [0, 0.05) is 12.3 Å². The van der Waals surface area contributed by atoms with Gasteiger partial charge in [-0.3, -0.25) is 14.3 Å². The number of hydrogen-bond acceptors (Lipinski definition) is 5. The molecule has 0 bridgehead atoms. The molecule has 7 nitrogen and oxygen atoms in total. The highest BCUT2D eigenvalue weighted by atomic mass is 16.7. The Morgan fingerprint density at radius 1 is 1.38 bits per heavy atom. The summed E-state index contributed by atoms with van der Waals surface area (Å²) in [5.41, 5.74) is -0.989. The standard InChI is InChI=1S/C9H10N2O5/c12-3-4-6-7(16-6)8(15-4)11-2-1-5(13)10-9(11)14/h1-2,4,6-8,12H,3H2,(H,10,13,14)/t4-,6-,7+,8+/m0/s1. The molecule has 4 atom stereocenters. The van der Waals surface area contributed by atoms with Gasteiger partial charge in [0.15, 0.2) is 6.23 Å². The highest BCUT2D eigenvalue weighted by Crippen LogP contribution is 2.43. The largest absolute Gasteiger partial charge is 0.394 e. The van der Waals surface area contributed by atoms with Crippen molar-refractivity contribution in [1.29, 1.82) is 0 Å². The molecule has 0 radical (unpaired) electrons. The van der Waals surface area contributed by atoms with Crippen molar-refractivity contribution in [2.24, 2.45) is 0 Å². The molecular weight excluding hydrogens is 216 g/mol. The molecule has 1 aromatic heterocycles. The summed E-state index contributed by atoms with van der Waals surface area (Å²) in [4.78, 5) is 24.5. The van der Waals surface area contributed by atoms with Crippen LogP contribution in [0.1, 0.15) is 6.23 Å². The fraction of sp³-hybridized carbons (Fsp3) is 0.556. The lowest BCUT2D eigenvalue weighted by Gasteiger charge is -2.17. The third-order valence-electron chi connectivity index (χ3n) is 2.83. The normalized spacial score (nSPS) is 36.1. The molecule has 2 saturated heterocycles. The molecule has 3 rings (SSSR count). The Morgan fingerprint density at radius 3 is 2.81 bits per heavy atom. The highest BCUT2D eigenvalue weighted by Gasteiger charge is 2.58. The molecule has 2 fully saturated rings. The zero-order valence-corrected chi connectivity index (χ0v) is 8.20. The number of epoxide rings is 1. The first-order valence-electron chi connectivity index (χ1n) is 4.94. The summed E-state index contributed by atoms with van der Waals surface area (Å²) in [6.07, 6.45) is 0.0551. The van der Waals surface area contributed by atoms with E-state index in [4.69, 9.17) is 14.6 Å². The van der Waals surface area contributed by atoms with Gasteiger partial charge in [-0.05, 0) is 0 Å². The van der Waals surface area contributed by atoms with Gasteiger partial charge in [-0.25, -0.2) is 4.79 Å². The summed E-state index contributed by atoms with van der Waals surface area (Å²) in [7, 11) is 0. The van der Waals surface area contributed by atoms with E-state index < -0.39 is 23.6 Å². The number of ether oxygens (including phenoxy) is 2. The Balaban J connectivity index is 1.94. The van der Waals surface area contributed by atoms with Crippen LogP contribution in [0.15, 0.2) is 21.9 Å². The molecule has 0 aromatic carbocycles. The predicted octanol–water partition coefficient (Wildman–Crippen LogP) is -1.81. The fourth-order valence-electron chi connectivity index (χ4n) is 2.00. The number of nitrogens with one attached hydrogen (secondary N) is 1. The average Bonchev–Trinajstić information content (AvgIpc) is 2.96. The Bertz CT molecular complexity index is 521. The zero-order valence-electron chi connectivity index (χ0n) is 8.20. The van der Waals surface area contributed by atoms with Gasteiger partial charge >= 0.3 is 5.69 Å². The van der Waals surface area contributed by atoms with Crippen LogP contribution in [0.25, 0.3) is 0 Å². The van der Waals surface area contributed by atoms with Gasteiger partial charge in [0.2, 0.25) is 0 Å². The quantitative estimate of drug-likeness (QED) is 0.579. The van der Waals surface area contributed by atoms with Gasteiger partial charge in [-0.15, -0.1) is 0 Å². The molecule has 1 aromatic rings. The van der Waals surface area contributed by atoms with E-state index in [-0.39, 0.29) is 18.8 Å². The van der Waals surface area contributed by atoms with E-state index in [0.717, 1.165) is 0 Å². The maximum Gasteiger partial charge on any atom is 0.330 e. The lowest BCUT2D eigenvalue weighted by atomic mass is 10.2. The maximum absolute atomic E-state index is 11.5. The summed E-state index contributed by atoms with van der Waals surface area (Å²) in [6, 6.07) is 1.24. The summed E-state index contributed by atoms with van der Waals surface area (Å²) < 4.78 is 12.0. The van der Waals surface area contributed by atoms with E-state index in [1.807, 2.05) is 0 Å². The van der Waals surface area contributed by atoms with Crippen LogP contribution in [-0.2, 0) is 9.47 Å². The molecule has 16 heavy (non-hydrogen) atoms. The van der Waals surface area contributed by atoms with Crippen molar-refractivity contribution in [3.63, 3.8) is 0 Å². The fourth-order valence-corrected chi connectivity index (χ4v) is 2.00. The van der Waals surface area contributed by atoms with Crippen LogP contribution in [0, 0.1) is 0 Å². The number of rotatable bonds is 2. The van der Waals surface area contributed by atoms with Crippen molar-refractivity contribution in [3.8, 4) is 0 Å². The number of aromatic nitrogens is 2. The molecule has 2 N–H and O–H groups in total. The van der Waals surface area contributed by atoms with Gasteiger partial charge in [0.1, 0.15) is 18.3 Å². The lowest BCUT2D eigenvalue weighted by Crippen LogP contribution is -2.34. The van der Waals surface area contributed by atoms with Crippen molar-refractivity contribution in [3.05, 3.63) is 33.1 Å². The highest BCUT2D eigenvalue weighted by molar-refractivity contribution is 5.02. The van der Waals surface area contributed by atoms with E-state index in [0.29, 0.717) is 0 Å². The van der Waals surface area contributed by atoms with E-state index in [2.05, 4.69) is 4.98 Å². The second-order valence-electron chi connectivity index (χ2n) is 3.83. The minimum atomic E-state index is -0.563. The third kappa shape index (κ3) is 1.33. The van der Waals surface area contributed by atoms with E-state index >= 15 is 0 Å². The molecule has 0 unspecified atom stereocenters. The van der Waals surface area contributed by atoms with Gasteiger partial charge < -0.3 is 14.6 Å². The van der Waals surface area contributed by atoms with Gasteiger partial charge in [-0.2, -0.15) is 0 Å².